The van der Waals surface area contributed by atoms with Crippen LogP contribution in [0.4, 0.5) is 5.69 Å². The highest BCUT2D eigenvalue weighted by Gasteiger charge is 2.14. The average Bonchev–Trinajstić information content (AvgIpc) is 2.28. The van der Waals surface area contributed by atoms with E-state index < -0.39 is 16.0 Å². The summed E-state index contributed by atoms with van der Waals surface area (Å²) in [6, 6.07) is 3.08. The van der Waals surface area contributed by atoms with Gasteiger partial charge in [0, 0.05) is 12.6 Å². The monoisotopic (exact) mass is 274 g/mol. The first kappa shape index (κ1) is 14.2. The second-order valence-corrected chi connectivity index (χ2v) is 5.32. The number of rotatable bonds is 7. The first-order valence-corrected chi connectivity index (χ1v) is 6.81. The summed E-state index contributed by atoms with van der Waals surface area (Å²) in [4.78, 5) is 14.1. The van der Waals surface area contributed by atoms with Gasteiger partial charge in [-0.25, -0.2) is 13.4 Å². The quantitative estimate of drug-likeness (QED) is 0.758. The van der Waals surface area contributed by atoms with E-state index in [1.165, 1.54) is 19.4 Å². The Kier molecular flexibility index (Phi) is 4.90. The predicted molar refractivity (Wildman–Crippen MR) is 65.1 cm³/mol. The van der Waals surface area contributed by atoms with Crippen LogP contribution in [0.3, 0.4) is 0 Å². The first-order chi connectivity index (χ1) is 8.44. The molecule has 0 aliphatic heterocycles. The number of nitrogens with zero attached hydrogens (tertiary/aromatic N) is 1. The third-order valence-corrected chi connectivity index (χ3v) is 3.39. The van der Waals surface area contributed by atoms with E-state index in [2.05, 4.69) is 9.71 Å². The largest absolute Gasteiger partial charge is 0.481 e. The SMILES string of the molecule is COc1ncccc1NS(=O)(=O)CCCC(=O)O. The van der Waals surface area contributed by atoms with Crippen molar-refractivity contribution in [2.75, 3.05) is 17.6 Å². The molecule has 0 bridgehead atoms. The molecule has 0 aromatic carbocycles. The normalized spacial score (nSPS) is 10.9. The summed E-state index contributed by atoms with van der Waals surface area (Å²) in [5.74, 6) is -1.12. The van der Waals surface area contributed by atoms with E-state index in [-0.39, 0.29) is 30.2 Å². The molecule has 1 aromatic rings. The number of sulfonamides is 1. The number of pyridine rings is 1. The minimum atomic E-state index is -3.60. The fourth-order valence-electron chi connectivity index (χ4n) is 1.26. The smallest absolute Gasteiger partial charge is 0.303 e. The van der Waals surface area contributed by atoms with Gasteiger partial charge in [-0.2, -0.15) is 0 Å². The number of hydrogen-bond donors (Lipinski definition) is 2. The molecule has 1 aromatic heterocycles. The number of carbonyl (C=O) groups is 1. The van der Waals surface area contributed by atoms with Gasteiger partial charge in [0.1, 0.15) is 5.69 Å². The van der Waals surface area contributed by atoms with E-state index in [0.717, 1.165) is 0 Å². The summed E-state index contributed by atoms with van der Waals surface area (Å²) in [6.07, 6.45) is 1.33. The van der Waals surface area contributed by atoms with Crippen LogP contribution in [0.1, 0.15) is 12.8 Å². The molecule has 0 atom stereocenters. The third kappa shape index (κ3) is 4.58. The lowest BCUT2D eigenvalue weighted by atomic mass is 10.3. The zero-order valence-electron chi connectivity index (χ0n) is 9.79. The van der Waals surface area contributed by atoms with Gasteiger partial charge in [0.25, 0.3) is 0 Å². The van der Waals surface area contributed by atoms with Crippen LogP contribution in [0, 0.1) is 0 Å². The topological polar surface area (TPSA) is 106 Å². The van der Waals surface area contributed by atoms with E-state index in [1.54, 1.807) is 6.07 Å². The van der Waals surface area contributed by atoms with Crippen molar-refractivity contribution in [2.24, 2.45) is 0 Å². The van der Waals surface area contributed by atoms with Gasteiger partial charge in [-0.15, -0.1) is 0 Å². The third-order valence-electron chi connectivity index (χ3n) is 2.03. The number of carboxylic acids is 1. The Morgan fingerprint density at radius 1 is 1.56 bits per heavy atom. The van der Waals surface area contributed by atoms with Gasteiger partial charge in [-0.05, 0) is 18.6 Å². The number of nitrogens with one attached hydrogen (secondary N) is 1. The summed E-state index contributed by atoms with van der Waals surface area (Å²) in [6.45, 7) is 0. The molecule has 0 fully saturated rings. The highest BCUT2D eigenvalue weighted by atomic mass is 32.2. The van der Waals surface area contributed by atoms with Crippen molar-refractivity contribution in [1.82, 2.24) is 4.98 Å². The number of aromatic nitrogens is 1. The maximum atomic E-state index is 11.7. The summed E-state index contributed by atoms with van der Waals surface area (Å²) < 4.78 is 30.5. The molecule has 2 N–H and O–H groups in total. The van der Waals surface area contributed by atoms with E-state index in [9.17, 15) is 13.2 Å². The Morgan fingerprint density at radius 2 is 2.28 bits per heavy atom. The summed E-state index contributed by atoms with van der Waals surface area (Å²) in [7, 11) is -2.22. The molecule has 8 heteroatoms. The van der Waals surface area contributed by atoms with Gasteiger partial charge in [-0.3, -0.25) is 9.52 Å². The lowest BCUT2D eigenvalue weighted by molar-refractivity contribution is -0.137. The molecule has 0 saturated heterocycles. The first-order valence-electron chi connectivity index (χ1n) is 5.16. The standard InChI is InChI=1S/C10H14N2O5S/c1-17-10-8(4-2-6-11-10)12-18(15,16)7-3-5-9(13)14/h2,4,6,12H,3,5,7H2,1H3,(H,13,14). The second-order valence-electron chi connectivity index (χ2n) is 3.48. The minimum absolute atomic E-state index is 0.0489. The van der Waals surface area contributed by atoms with Crippen LogP contribution in [0.25, 0.3) is 0 Å². The van der Waals surface area contributed by atoms with Crippen molar-refractivity contribution in [3.8, 4) is 5.88 Å². The van der Waals surface area contributed by atoms with Crippen LogP contribution < -0.4 is 9.46 Å². The average molecular weight is 274 g/mol. The Balaban J connectivity index is 2.67. The van der Waals surface area contributed by atoms with Crippen molar-refractivity contribution in [3.63, 3.8) is 0 Å². The predicted octanol–water partition coefficient (Wildman–Crippen LogP) is 0.697. The molecular weight excluding hydrogens is 260 g/mol. The molecule has 18 heavy (non-hydrogen) atoms. The van der Waals surface area contributed by atoms with Crippen molar-refractivity contribution >= 4 is 21.7 Å². The van der Waals surface area contributed by atoms with Crippen molar-refractivity contribution in [3.05, 3.63) is 18.3 Å². The van der Waals surface area contributed by atoms with E-state index >= 15 is 0 Å². The van der Waals surface area contributed by atoms with Crippen molar-refractivity contribution < 1.29 is 23.1 Å². The molecule has 0 aliphatic carbocycles. The summed E-state index contributed by atoms with van der Waals surface area (Å²) in [5.41, 5.74) is 0.232. The molecule has 1 rings (SSSR count). The number of aliphatic carboxylic acids is 1. The maximum Gasteiger partial charge on any atom is 0.303 e. The number of hydrogen-bond acceptors (Lipinski definition) is 5. The van der Waals surface area contributed by atoms with Crippen molar-refractivity contribution in [1.29, 1.82) is 0 Å². The summed E-state index contributed by atoms with van der Waals surface area (Å²) >= 11 is 0. The van der Waals surface area contributed by atoms with Crippen molar-refractivity contribution in [2.45, 2.75) is 12.8 Å². The van der Waals surface area contributed by atoms with Crippen LogP contribution in [-0.2, 0) is 14.8 Å². The highest BCUT2D eigenvalue weighted by Crippen LogP contribution is 2.21. The molecule has 7 nitrogen and oxygen atoms in total. The van der Waals surface area contributed by atoms with Crippen LogP contribution in [-0.4, -0.2) is 37.3 Å². The molecule has 1 heterocycles. The number of carboxylic acid groups (broad SMARTS) is 1. The fraction of sp³-hybridized carbons (Fsp3) is 0.400. The number of ether oxygens (including phenoxy) is 1. The molecule has 0 spiro atoms. The van der Waals surface area contributed by atoms with Crippen LogP contribution >= 0.6 is 0 Å². The second kappa shape index (κ2) is 6.20. The van der Waals surface area contributed by atoms with Gasteiger partial charge >= 0.3 is 5.97 Å². The highest BCUT2D eigenvalue weighted by molar-refractivity contribution is 7.92. The zero-order valence-corrected chi connectivity index (χ0v) is 10.6. The summed E-state index contributed by atoms with van der Waals surface area (Å²) in [5, 5.41) is 8.44. The fourth-order valence-corrected chi connectivity index (χ4v) is 2.38. The Labute approximate surface area is 105 Å². The maximum absolute atomic E-state index is 11.7. The number of anilines is 1. The molecular formula is C10H14N2O5S. The lowest BCUT2D eigenvalue weighted by Gasteiger charge is -2.09. The van der Waals surface area contributed by atoms with Crippen LogP contribution in [0.15, 0.2) is 18.3 Å². The Hall–Kier alpha value is -1.83. The zero-order chi connectivity index (χ0) is 13.6. The molecule has 0 aliphatic rings. The van der Waals surface area contributed by atoms with Gasteiger partial charge in [0.2, 0.25) is 15.9 Å². The van der Waals surface area contributed by atoms with Gasteiger partial charge in [0.05, 0.1) is 12.9 Å². The number of methoxy groups -OCH3 is 1. The molecule has 0 saturated carbocycles. The van der Waals surface area contributed by atoms with E-state index in [4.69, 9.17) is 9.84 Å². The van der Waals surface area contributed by atoms with Gasteiger partial charge in [0.15, 0.2) is 0 Å². The minimum Gasteiger partial charge on any atom is -0.481 e. The van der Waals surface area contributed by atoms with Crippen LogP contribution in [0.2, 0.25) is 0 Å². The molecule has 0 unspecified atom stereocenters. The molecule has 0 radical (unpaired) electrons. The van der Waals surface area contributed by atoms with Gasteiger partial charge < -0.3 is 9.84 Å². The molecule has 0 amide bonds. The molecule has 100 valence electrons. The van der Waals surface area contributed by atoms with Gasteiger partial charge in [-0.1, -0.05) is 0 Å². The van der Waals surface area contributed by atoms with Crippen LogP contribution in [0.5, 0.6) is 5.88 Å². The Bertz CT molecular complexity index is 515. The van der Waals surface area contributed by atoms with E-state index in [0.29, 0.717) is 0 Å². The lowest BCUT2D eigenvalue weighted by Crippen LogP contribution is -2.18. The Morgan fingerprint density at radius 3 is 2.89 bits per heavy atom. The van der Waals surface area contributed by atoms with E-state index in [1.807, 2.05) is 0 Å².